The van der Waals surface area contributed by atoms with Gasteiger partial charge in [0.15, 0.2) is 0 Å². The van der Waals surface area contributed by atoms with Crippen LogP contribution in [0.15, 0.2) is 0 Å². The van der Waals surface area contributed by atoms with Crippen LogP contribution in [0.5, 0.6) is 0 Å². The van der Waals surface area contributed by atoms with Crippen molar-refractivity contribution in [3.63, 3.8) is 0 Å². The second kappa shape index (κ2) is 14.6. The van der Waals surface area contributed by atoms with Gasteiger partial charge < -0.3 is 18.9 Å². The van der Waals surface area contributed by atoms with Crippen molar-refractivity contribution in [2.75, 3.05) is 52.8 Å². The van der Waals surface area contributed by atoms with E-state index in [2.05, 4.69) is 53.4 Å². The van der Waals surface area contributed by atoms with E-state index >= 15 is 0 Å². The topological polar surface area (TPSA) is 89.1 Å². The molecule has 0 spiro atoms. The molecule has 0 aromatic heterocycles. The molecule has 0 aromatic rings. The first-order valence-electron chi connectivity index (χ1n) is 5.01. The molecule has 0 heterocycles. The number of thiol groups is 2. The van der Waals surface area contributed by atoms with E-state index in [0.717, 1.165) is 24.6 Å². The maximum absolute atomic E-state index is 8.52. The lowest BCUT2D eigenvalue weighted by Gasteiger charge is -2.06. The third-order valence-electron chi connectivity index (χ3n) is 1.22. The molecule has 0 fully saturated rings. The molecule has 0 radical (unpaired) electrons. The van der Waals surface area contributed by atoms with Crippen LogP contribution in [0.1, 0.15) is 0 Å². The van der Waals surface area contributed by atoms with Crippen LogP contribution in [0.3, 0.4) is 0 Å². The van der Waals surface area contributed by atoms with Gasteiger partial charge in [-0.25, -0.2) is 0 Å². The predicted octanol–water partition coefficient (Wildman–Crippen LogP) is -3.22. The van der Waals surface area contributed by atoms with Crippen LogP contribution >= 0.6 is 25.3 Å². The molecule has 0 saturated heterocycles. The quantitative estimate of drug-likeness (QED) is 0.250. The molecule has 0 amide bonds. The first-order valence-corrected chi connectivity index (χ1v) is 7.60. The molecule has 0 unspecified atom stereocenters. The maximum Gasteiger partial charge on any atom is 0.0856 e. The summed E-state index contributed by atoms with van der Waals surface area (Å²) < 4.78 is 34.1. The zero-order chi connectivity index (χ0) is 14.5. The molecule has 17 heavy (non-hydrogen) atoms. The van der Waals surface area contributed by atoms with Crippen LogP contribution in [0.25, 0.3) is 0 Å². The minimum absolute atomic E-state index is 0.988. The summed E-state index contributed by atoms with van der Waals surface area (Å²) in [6, 6.07) is 0. The SMILES string of the molecule is C[NH+](C)CCS.C[NH+](C)CCS.O=S(=O)([O-])[O-]. The Morgan fingerprint density at radius 1 is 0.882 bits per heavy atom. The predicted molar refractivity (Wildman–Crippen MR) is 73.5 cm³/mol. The van der Waals surface area contributed by atoms with E-state index in [9.17, 15) is 0 Å². The van der Waals surface area contributed by atoms with Crippen LogP contribution < -0.4 is 9.80 Å². The van der Waals surface area contributed by atoms with Gasteiger partial charge in [-0.15, -0.1) is 0 Å². The van der Waals surface area contributed by atoms with E-state index in [4.69, 9.17) is 17.5 Å². The van der Waals surface area contributed by atoms with Crippen LogP contribution in [-0.4, -0.2) is 70.3 Å². The van der Waals surface area contributed by atoms with Gasteiger partial charge in [-0.1, -0.05) is 0 Å². The molecule has 0 rings (SSSR count). The molecule has 6 nitrogen and oxygen atoms in total. The Morgan fingerprint density at radius 3 is 1.06 bits per heavy atom. The average molecular weight is 308 g/mol. The van der Waals surface area contributed by atoms with Crippen LogP contribution in [0, 0.1) is 0 Å². The van der Waals surface area contributed by atoms with Gasteiger partial charge in [0, 0.05) is 21.9 Å². The highest BCUT2D eigenvalue weighted by atomic mass is 32.3. The van der Waals surface area contributed by atoms with Gasteiger partial charge in [-0.05, 0) is 0 Å². The Morgan fingerprint density at radius 2 is 1.06 bits per heavy atom. The van der Waals surface area contributed by atoms with Crippen molar-refractivity contribution < 1.29 is 27.3 Å². The number of nitrogens with one attached hydrogen (secondary N) is 2. The minimum atomic E-state index is -5.17. The van der Waals surface area contributed by atoms with Crippen molar-refractivity contribution in [3.8, 4) is 0 Å². The molecule has 0 saturated carbocycles. The molecule has 0 bridgehead atoms. The molecule has 0 aliphatic heterocycles. The molecule has 2 N–H and O–H groups in total. The van der Waals surface area contributed by atoms with Gasteiger partial charge in [0.1, 0.15) is 0 Å². The normalized spacial score (nSPS) is 10.5. The Kier molecular flexibility index (Phi) is 19.4. The maximum atomic E-state index is 8.52. The van der Waals surface area contributed by atoms with Gasteiger partial charge >= 0.3 is 0 Å². The fraction of sp³-hybridized carbons (Fsp3) is 1.00. The van der Waals surface area contributed by atoms with Crippen molar-refractivity contribution in [2.24, 2.45) is 0 Å². The molecule has 0 aliphatic rings. The summed E-state index contributed by atoms with van der Waals surface area (Å²) in [5, 5.41) is 0. The summed E-state index contributed by atoms with van der Waals surface area (Å²) in [7, 11) is 3.32. The Labute approximate surface area is 116 Å². The fourth-order valence-electron chi connectivity index (χ4n) is 0.447. The third kappa shape index (κ3) is 82.2. The summed E-state index contributed by atoms with van der Waals surface area (Å²) in [4.78, 5) is 2.93. The number of hydrogen-bond donors (Lipinski definition) is 4. The highest BCUT2D eigenvalue weighted by molar-refractivity contribution is 7.80. The van der Waals surface area contributed by atoms with Crippen molar-refractivity contribution in [3.05, 3.63) is 0 Å². The second-order valence-electron chi connectivity index (χ2n) is 3.77. The van der Waals surface area contributed by atoms with E-state index in [-0.39, 0.29) is 0 Å². The average Bonchev–Trinajstić information content (AvgIpc) is 2.00. The second-order valence-corrected chi connectivity index (χ2v) is 5.48. The van der Waals surface area contributed by atoms with Crippen molar-refractivity contribution in [1.82, 2.24) is 0 Å². The lowest BCUT2D eigenvalue weighted by molar-refractivity contribution is -0.855. The monoisotopic (exact) mass is 308 g/mol. The summed E-state index contributed by atoms with van der Waals surface area (Å²) in [6.07, 6.45) is 0. The molecular weight excluding hydrogens is 284 g/mol. The lowest BCUT2D eigenvalue weighted by Crippen LogP contribution is -3.06. The summed E-state index contributed by atoms with van der Waals surface area (Å²) >= 11 is 8.08. The molecule has 108 valence electrons. The van der Waals surface area contributed by atoms with Gasteiger partial charge in [-0.3, -0.25) is 8.42 Å². The van der Waals surface area contributed by atoms with E-state index in [1.807, 2.05) is 0 Å². The van der Waals surface area contributed by atoms with Crippen molar-refractivity contribution in [2.45, 2.75) is 0 Å². The van der Waals surface area contributed by atoms with Crippen LogP contribution in [0.2, 0.25) is 0 Å². The van der Waals surface area contributed by atoms with E-state index in [0.29, 0.717) is 0 Å². The molecule has 0 aromatic carbocycles. The summed E-state index contributed by atoms with van der Waals surface area (Å²) in [5.74, 6) is 1.98. The number of quaternary nitrogens is 2. The molecular formula is C8H24N2O4S3. The molecule has 9 heteroatoms. The Hall–Kier alpha value is 0.490. The highest BCUT2D eigenvalue weighted by Crippen LogP contribution is 1.59. The third-order valence-corrected chi connectivity index (χ3v) is 1.67. The number of rotatable bonds is 4. The largest absolute Gasteiger partial charge is 0.759 e. The minimum Gasteiger partial charge on any atom is -0.759 e. The molecule has 0 atom stereocenters. The van der Waals surface area contributed by atoms with Crippen molar-refractivity contribution >= 4 is 35.7 Å². The zero-order valence-corrected chi connectivity index (χ0v) is 13.4. The van der Waals surface area contributed by atoms with Gasteiger partial charge in [0.05, 0.1) is 41.3 Å². The van der Waals surface area contributed by atoms with Crippen molar-refractivity contribution in [1.29, 1.82) is 0 Å². The van der Waals surface area contributed by atoms with Crippen LogP contribution in [0.4, 0.5) is 0 Å². The van der Waals surface area contributed by atoms with Crippen LogP contribution in [-0.2, 0) is 10.4 Å². The Bertz CT molecular complexity index is 215. The summed E-state index contributed by atoms with van der Waals surface area (Å²) in [5.41, 5.74) is 0. The Balaban J connectivity index is -0.000000174. The number of hydrogen-bond acceptors (Lipinski definition) is 6. The van der Waals surface area contributed by atoms with E-state index in [1.54, 1.807) is 0 Å². The lowest BCUT2D eigenvalue weighted by atomic mass is 10.7. The van der Waals surface area contributed by atoms with Gasteiger partial charge in [0.2, 0.25) is 0 Å². The zero-order valence-electron chi connectivity index (χ0n) is 10.8. The van der Waals surface area contributed by atoms with Gasteiger partial charge in [-0.2, -0.15) is 25.3 Å². The first-order chi connectivity index (χ1) is 7.54. The smallest absolute Gasteiger partial charge is 0.0856 e. The molecule has 0 aliphatic carbocycles. The highest BCUT2D eigenvalue weighted by Gasteiger charge is 1.84. The standard InChI is InChI=1S/2C4H11NS.H2O4S/c2*1-5(2)3-4-6;1-5(2,3)4/h2*6H,3-4H2,1-2H3;(H2,1,2,3,4). The van der Waals surface area contributed by atoms with E-state index < -0.39 is 10.4 Å². The summed E-state index contributed by atoms with van der Waals surface area (Å²) in [6.45, 7) is 2.31. The van der Waals surface area contributed by atoms with Gasteiger partial charge in [0.25, 0.3) is 0 Å². The first kappa shape index (κ1) is 22.7. The fourth-order valence-corrected chi connectivity index (χ4v) is 1.34. The van der Waals surface area contributed by atoms with E-state index in [1.165, 1.54) is 9.80 Å².